The molecule has 20 heavy (non-hydrogen) atoms. The van der Waals surface area contributed by atoms with Crippen molar-refractivity contribution in [1.29, 1.82) is 0 Å². The maximum absolute atomic E-state index is 14.2. The summed E-state index contributed by atoms with van der Waals surface area (Å²) >= 11 is 5.90. The summed E-state index contributed by atoms with van der Waals surface area (Å²) in [4.78, 5) is 2.25. The van der Waals surface area contributed by atoms with Crippen molar-refractivity contribution in [3.05, 3.63) is 34.6 Å². The van der Waals surface area contributed by atoms with Crippen LogP contribution in [0, 0.1) is 11.7 Å². The first-order valence-electron chi connectivity index (χ1n) is 7.42. The van der Waals surface area contributed by atoms with Gasteiger partial charge in [0.1, 0.15) is 5.82 Å². The minimum atomic E-state index is -0.333. The second-order valence-electron chi connectivity index (χ2n) is 5.89. The number of likely N-dealkylation sites (N-methyl/N-ethyl adjacent to an activating group) is 1. The van der Waals surface area contributed by atoms with E-state index in [9.17, 15) is 4.39 Å². The highest BCUT2D eigenvalue weighted by atomic mass is 35.5. The Balaban J connectivity index is 2.24. The van der Waals surface area contributed by atoms with Gasteiger partial charge < -0.3 is 5.73 Å². The first kappa shape index (κ1) is 15.7. The fraction of sp³-hybridized carbons (Fsp3) is 0.625. The summed E-state index contributed by atoms with van der Waals surface area (Å²) in [7, 11) is 2.06. The molecule has 4 heteroatoms. The number of halogens is 2. The lowest BCUT2D eigenvalue weighted by Gasteiger charge is -2.40. The van der Waals surface area contributed by atoms with Gasteiger partial charge in [-0.2, -0.15) is 0 Å². The fourth-order valence-electron chi connectivity index (χ4n) is 3.42. The molecule has 0 aliphatic heterocycles. The third kappa shape index (κ3) is 3.16. The Hall–Kier alpha value is -0.640. The van der Waals surface area contributed by atoms with Crippen molar-refractivity contribution in [3.8, 4) is 0 Å². The van der Waals surface area contributed by atoms with Gasteiger partial charge in [-0.3, -0.25) is 4.90 Å². The van der Waals surface area contributed by atoms with Crippen molar-refractivity contribution in [3.63, 3.8) is 0 Å². The zero-order valence-corrected chi connectivity index (χ0v) is 13.0. The molecule has 2 N–H and O–H groups in total. The second kappa shape index (κ2) is 6.88. The lowest BCUT2D eigenvalue weighted by atomic mass is 9.84. The summed E-state index contributed by atoms with van der Waals surface area (Å²) < 4.78 is 14.2. The molecule has 0 spiro atoms. The van der Waals surface area contributed by atoms with E-state index in [2.05, 4.69) is 18.9 Å². The summed E-state index contributed by atoms with van der Waals surface area (Å²) in [5, 5.41) is 0.172. The van der Waals surface area contributed by atoms with Crippen molar-refractivity contribution in [1.82, 2.24) is 4.90 Å². The number of hydrogen-bond donors (Lipinski definition) is 1. The molecular formula is C16H24ClFN2. The monoisotopic (exact) mass is 298 g/mol. The molecule has 1 aromatic rings. The average molecular weight is 299 g/mol. The molecule has 1 aromatic carbocycles. The van der Waals surface area contributed by atoms with Gasteiger partial charge in [0.15, 0.2) is 0 Å². The highest BCUT2D eigenvalue weighted by molar-refractivity contribution is 6.30. The zero-order chi connectivity index (χ0) is 14.7. The predicted molar refractivity (Wildman–Crippen MR) is 82.4 cm³/mol. The van der Waals surface area contributed by atoms with Crippen LogP contribution in [0.2, 0.25) is 5.02 Å². The van der Waals surface area contributed by atoms with E-state index in [-0.39, 0.29) is 16.9 Å². The molecule has 0 saturated heterocycles. The molecule has 0 bridgehead atoms. The Kier molecular flexibility index (Phi) is 5.42. The van der Waals surface area contributed by atoms with E-state index in [1.807, 2.05) is 0 Å². The van der Waals surface area contributed by atoms with Crippen LogP contribution in [-0.4, -0.2) is 24.5 Å². The smallest absolute Gasteiger partial charge is 0.146 e. The highest BCUT2D eigenvalue weighted by Crippen LogP contribution is 2.33. The van der Waals surface area contributed by atoms with Gasteiger partial charge >= 0.3 is 0 Å². The highest BCUT2D eigenvalue weighted by Gasteiger charge is 2.30. The van der Waals surface area contributed by atoms with E-state index in [0.29, 0.717) is 24.1 Å². The maximum atomic E-state index is 14.2. The molecule has 2 nitrogen and oxygen atoms in total. The van der Waals surface area contributed by atoms with Crippen LogP contribution in [0.1, 0.15) is 44.2 Å². The Morgan fingerprint density at radius 2 is 2.10 bits per heavy atom. The molecule has 3 atom stereocenters. The summed E-state index contributed by atoms with van der Waals surface area (Å²) in [5.74, 6) is 0.296. The Labute approximate surface area is 126 Å². The largest absolute Gasteiger partial charge is 0.329 e. The second-order valence-corrected chi connectivity index (χ2v) is 6.30. The van der Waals surface area contributed by atoms with Gasteiger partial charge in [0.25, 0.3) is 0 Å². The molecule has 112 valence electrons. The van der Waals surface area contributed by atoms with E-state index >= 15 is 0 Å². The van der Waals surface area contributed by atoms with E-state index < -0.39 is 0 Å². The van der Waals surface area contributed by atoms with Gasteiger partial charge in [0.2, 0.25) is 0 Å². The van der Waals surface area contributed by atoms with Gasteiger partial charge in [-0.05, 0) is 31.9 Å². The van der Waals surface area contributed by atoms with Crippen LogP contribution in [0.4, 0.5) is 4.39 Å². The minimum absolute atomic E-state index is 0.112. The van der Waals surface area contributed by atoms with E-state index in [0.717, 1.165) is 6.42 Å². The van der Waals surface area contributed by atoms with Gasteiger partial charge in [-0.15, -0.1) is 0 Å². The summed E-state index contributed by atoms with van der Waals surface area (Å²) in [6.07, 6.45) is 4.94. The number of hydrogen-bond acceptors (Lipinski definition) is 2. The third-order valence-electron chi connectivity index (χ3n) is 4.64. The van der Waals surface area contributed by atoms with Crippen LogP contribution in [0.15, 0.2) is 18.2 Å². The van der Waals surface area contributed by atoms with Crippen molar-refractivity contribution < 1.29 is 4.39 Å². The molecule has 1 aliphatic rings. The Bertz CT molecular complexity index is 452. The number of nitrogens with zero attached hydrogens (tertiary/aromatic N) is 1. The maximum Gasteiger partial charge on any atom is 0.146 e. The summed E-state index contributed by atoms with van der Waals surface area (Å²) in [6, 6.07) is 5.52. The van der Waals surface area contributed by atoms with Gasteiger partial charge in [0.05, 0.1) is 5.02 Å². The first-order valence-corrected chi connectivity index (χ1v) is 7.80. The van der Waals surface area contributed by atoms with Crippen molar-refractivity contribution in [2.75, 3.05) is 13.6 Å². The molecule has 0 aromatic heterocycles. The lowest BCUT2D eigenvalue weighted by molar-refractivity contribution is 0.0976. The topological polar surface area (TPSA) is 29.3 Å². The summed E-state index contributed by atoms with van der Waals surface area (Å²) in [5.41, 5.74) is 6.54. The molecule has 0 heterocycles. The molecule has 1 saturated carbocycles. The molecule has 0 radical (unpaired) electrons. The number of nitrogens with two attached hydrogens (primary N) is 1. The average Bonchev–Trinajstić information content (AvgIpc) is 2.44. The van der Waals surface area contributed by atoms with Gasteiger partial charge in [-0.25, -0.2) is 4.39 Å². The van der Waals surface area contributed by atoms with Crippen LogP contribution in [0.3, 0.4) is 0 Å². The Morgan fingerprint density at radius 1 is 1.40 bits per heavy atom. The molecule has 2 rings (SSSR count). The predicted octanol–water partition coefficient (Wildman–Crippen LogP) is 3.99. The molecule has 0 amide bonds. The fourth-order valence-corrected chi connectivity index (χ4v) is 3.61. The number of benzene rings is 1. The zero-order valence-electron chi connectivity index (χ0n) is 12.3. The van der Waals surface area contributed by atoms with E-state index in [1.165, 1.54) is 19.3 Å². The van der Waals surface area contributed by atoms with Crippen LogP contribution < -0.4 is 5.73 Å². The molecular weight excluding hydrogens is 275 g/mol. The number of rotatable bonds is 4. The van der Waals surface area contributed by atoms with Crippen LogP contribution in [-0.2, 0) is 0 Å². The van der Waals surface area contributed by atoms with Crippen molar-refractivity contribution in [2.45, 2.75) is 44.7 Å². The Morgan fingerprint density at radius 3 is 2.75 bits per heavy atom. The SMILES string of the molecule is CC1CCCCC1N(C)C(CN)c1cccc(Cl)c1F. The first-order chi connectivity index (χ1) is 9.56. The van der Waals surface area contributed by atoms with Crippen molar-refractivity contribution in [2.24, 2.45) is 11.7 Å². The molecule has 1 aliphatic carbocycles. The standard InChI is InChI=1S/C16H24ClFN2/c1-11-6-3-4-9-14(11)20(2)15(10-19)12-7-5-8-13(17)16(12)18/h5,7-8,11,14-15H,3-4,6,9-10,19H2,1-2H3. The third-order valence-corrected chi connectivity index (χ3v) is 4.94. The molecule has 1 fully saturated rings. The van der Waals surface area contributed by atoms with Crippen LogP contribution >= 0.6 is 11.6 Å². The normalized spacial score (nSPS) is 24.9. The quantitative estimate of drug-likeness (QED) is 0.911. The van der Waals surface area contributed by atoms with Crippen molar-refractivity contribution >= 4 is 11.6 Å². The molecule has 3 unspecified atom stereocenters. The minimum Gasteiger partial charge on any atom is -0.329 e. The van der Waals surface area contributed by atoms with Gasteiger partial charge in [0, 0.05) is 24.2 Å². The summed E-state index contributed by atoms with van der Waals surface area (Å²) in [6.45, 7) is 2.68. The van der Waals surface area contributed by atoms with E-state index in [1.54, 1.807) is 18.2 Å². The van der Waals surface area contributed by atoms with Crippen LogP contribution in [0.25, 0.3) is 0 Å². The lowest BCUT2D eigenvalue weighted by Crippen LogP contribution is -2.43. The van der Waals surface area contributed by atoms with Gasteiger partial charge in [-0.1, -0.05) is 43.5 Å². The van der Waals surface area contributed by atoms with Crippen LogP contribution in [0.5, 0.6) is 0 Å². The van der Waals surface area contributed by atoms with E-state index in [4.69, 9.17) is 17.3 Å².